The van der Waals surface area contributed by atoms with Gasteiger partial charge in [-0.1, -0.05) is 11.6 Å². The molecule has 0 aromatic heterocycles. The number of rotatable bonds is 1. The molecule has 0 spiro atoms. The van der Waals surface area contributed by atoms with Gasteiger partial charge in [0.15, 0.2) is 0 Å². The van der Waals surface area contributed by atoms with Crippen LogP contribution in [0.3, 0.4) is 0 Å². The maximum Gasteiger partial charge on any atom is 0.410 e. The molecule has 4 nitrogen and oxygen atoms in total. The van der Waals surface area contributed by atoms with E-state index in [1.54, 1.807) is 12.0 Å². The van der Waals surface area contributed by atoms with E-state index < -0.39 is 5.60 Å². The second-order valence-electron chi connectivity index (χ2n) is 5.91. The van der Waals surface area contributed by atoms with Gasteiger partial charge in [-0.05, 0) is 50.5 Å². The fraction of sp³-hybridized carbons (Fsp3) is 0.533. The highest BCUT2D eigenvalue weighted by Gasteiger charge is 2.26. The highest BCUT2D eigenvalue weighted by atomic mass is 35.5. The van der Waals surface area contributed by atoms with Crippen LogP contribution in [0.15, 0.2) is 12.1 Å². The molecule has 1 heterocycles. The van der Waals surface area contributed by atoms with E-state index in [1.807, 2.05) is 32.9 Å². The third-order valence-electron chi connectivity index (χ3n) is 3.14. The molecule has 0 N–H and O–H groups in total. The summed E-state index contributed by atoms with van der Waals surface area (Å²) in [5.41, 5.74) is 1.74. The molecule has 1 aromatic carbocycles. The van der Waals surface area contributed by atoms with Gasteiger partial charge >= 0.3 is 6.09 Å². The van der Waals surface area contributed by atoms with Crippen LogP contribution in [0.2, 0.25) is 5.02 Å². The number of amides is 1. The van der Waals surface area contributed by atoms with Gasteiger partial charge in [-0.3, -0.25) is 0 Å². The number of halogens is 1. The summed E-state index contributed by atoms with van der Waals surface area (Å²) in [4.78, 5) is 13.8. The maximum atomic E-state index is 12.1. The summed E-state index contributed by atoms with van der Waals surface area (Å²) in [6.45, 7) is 6.77. The molecule has 2 rings (SSSR count). The van der Waals surface area contributed by atoms with Crippen molar-refractivity contribution in [1.82, 2.24) is 4.90 Å². The average Bonchev–Trinajstić information content (AvgIpc) is 2.35. The van der Waals surface area contributed by atoms with E-state index in [4.69, 9.17) is 21.1 Å². The van der Waals surface area contributed by atoms with Crippen molar-refractivity contribution in [1.29, 1.82) is 0 Å². The van der Waals surface area contributed by atoms with Gasteiger partial charge in [0, 0.05) is 13.1 Å². The van der Waals surface area contributed by atoms with Crippen molar-refractivity contribution in [3.63, 3.8) is 0 Å². The third kappa shape index (κ3) is 3.37. The van der Waals surface area contributed by atoms with E-state index in [2.05, 4.69) is 0 Å². The summed E-state index contributed by atoms with van der Waals surface area (Å²) in [6, 6.07) is 3.82. The van der Waals surface area contributed by atoms with Crippen LogP contribution in [0, 0.1) is 0 Å². The van der Waals surface area contributed by atoms with E-state index in [9.17, 15) is 4.79 Å². The Morgan fingerprint density at radius 1 is 1.30 bits per heavy atom. The van der Waals surface area contributed by atoms with Crippen LogP contribution in [0.1, 0.15) is 31.9 Å². The highest BCUT2D eigenvalue weighted by Crippen LogP contribution is 2.31. The molecule has 1 amide bonds. The van der Waals surface area contributed by atoms with Crippen molar-refractivity contribution < 1.29 is 14.3 Å². The Hall–Kier alpha value is -1.42. The molecule has 0 radical (unpaired) electrons. The number of ether oxygens (including phenoxy) is 2. The molecule has 1 aliphatic rings. The van der Waals surface area contributed by atoms with Gasteiger partial charge in [0.25, 0.3) is 0 Å². The van der Waals surface area contributed by atoms with Crippen LogP contribution in [0.4, 0.5) is 4.79 Å². The first kappa shape index (κ1) is 15.0. The Kier molecular flexibility index (Phi) is 4.14. The highest BCUT2D eigenvalue weighted by molar-refractivity contribution is 6.32. The number of hydrogen-bond acceptors (Lipinski definition) is 3. The molecule has 1 aliphatic heterocycles. The van der Waals surface area contributed by atoms with Crippen LogP contribution in [-0.4, -0.2) is 30.2 Å². The molecule has 0 saturated heterocycles. The number of carbonyl (C=O) groups is 1. The Morgan fingerprint density at radius 2 is 2.00 bits per heavy atom. The summed E-state index contributed by atoms with van der Waals surface area (Å²) in [5, 5.41) is 0.608. The topological polar surface area (TPSA) is 38.8 Å². The van der Waals surface area contributed by atoms with E-state index in [0.717, 1.165) is 17.5 Å². The van der Waals surface area contributed by atoms with Crippen LogP contribution in [-0.2, 0) is 17.7 Å². The second-order valence-corrected chi connectivity index (χ2v) is 6.31. The Morgan fingerprint density at radius 3 is 2.60 bits per heavy atom. The standard InChI is InChI=1S/C15H20ClNO3/c1-15(2,3)20-14(18)17-6-5-10-7-12(16)13(19-4)8-11(10)9-17/h7-8H,5-6,9H2,1-4H3. The largest absolute Gasteiger partial charge is 0.495 e. The first-order chi connectivity index (χ1) is 9.30. The van der Waals surface area contributed by atoms with E-state index in [1.165, 1.54) is 0 Å². The lowest BCUT2D eigenvalue weighted by Crippen LogP contribution is -2.39. The average molecular weight is 298 g/mol. The van der Waals surface area contributed by atoms with Gasteiger partial charge in [-0.15, -0.1) is 0 Å². The molecule has 0 saturated carbocycles. The molecule has 1 aromatic rings. The Balaban J connectivity index is 2.16. The smallest absolute Gasteiger partial charge is 0.410 e. The zero-order chi connectivity index (χ0) is 14.9. The molecule has 0 unspecified atom stereocenters. The predicted molar refractivity (Wildman–Crippen MR) is 78.4 cm³/mol. The number of fused-ring (bicyclic) bond motifs is 1. The molecule has 0 fully saturated rings. The minimum atomic E-state index is -0.477. The lowest BCUT2D eigenvalue weighted by Gasteiger charge is -2.31. The number of methoxy groups -OCH3 is 1. The van der Waals surface area contributed by atoms with Gasteiger partial charge in [0.1, 0.15) is 11.4 Å². The van der Waals surface area contributed by atoms with Crippen LogP contribution in [0.5, 0.6) is 5.75 Å². The number of carbonyl (C=O) groups excluding carboxylic acids is 1. The minimum absolute atomic E-state index is 0.280. The number of nitrogens with zero attached hydrogens (tertiary/aromatic N) is 1. The van der Waals surface area contributed by atoms with Crippen molar-refractivity contribution in [3.05, 3.63) is 28.3 Å². The fourth-order valence-electron chi connectivity index (χ4n) is 2.20. The monoisotopic (exact) mass is 297 g/mol. The maximum absolute atomic E-state index is 12.1. The van der Waals surface area contributed by atoms with Gasteiger partial charge in [0.2, 0.25) is 0 Å². The normalized spacial score (nSPS) is 14.8. The van der Waals surface area contributed by atoms with E-state index in [-0.39, 0.29) is 6.09 Å². The zero-order valence-corrected chi connectivity index (χ0v) is 13.1. The lowest BCUT2D eigenvalue weighted by molar-refractivity contribution is 0.0224. The van der Waals surface area contributed by atoms with Crippen molar-refractivity contribution in [2.45, 2.75) is 39.3 Å². The van der Waals surface area contributed by atoms with Crippen LogP contribution < -0.4 is 4.74 Å². The zero-order valence-electron chi connectivity index (χ0n) is 12.3. The number of hydrogen-bond donors (Lipinski definition) is 0. The first-order valence-electron chi connectivity index (χ1n) is 6.63. The molecule has 110 valence electrons. The molecular formula is C15H20ClNO3. The van der Waals surface area contributed by atoms with Gasteiger partial charge in [-0.2, -0.15) is 0 Å². The SMILES string of the molecule is COc1cc2c(cc1Cl)CCN(C(=O)OC(C)(C)C)C2. The van der Waals surface area contributed by atoms with Gasteiger partial charge < -0.3 is 14.4 Å². The summed E-state index contributed by atoms with van der Waals surface area (Å²) in [7, 11) is 1.59. The van der Waals surface area contributed by atoms with Crippen molar-refractivity contribution in [2.75, 3.05) is 13.7 Å². The summed E-state index contributed by atoms with van der Waals surface area (Å²) in [5.74, 6) is 0.636. The van der Waals surface area contributed by atoms with Gasteiger partial charge in [0.05, 0.1) is 12.1 Å². The molecule has 0 bridgehead atoms. The van der Waals surface area contributed by atoms with Crippen LogP contribution >= 0.6 is 11.6 Å². The Bertz CT molecular complexity index is 523. The van der Waals surface area contributed by atoms with Gasteiger partial charge in [-0.25, -0.2) is 4.79 Å². The van der Waals surface area contributed by atoms with Crippen molar-refractivity contribution in [2.24, 2.45) is 0 Å². The fourth-order valence-corrected chi connectivity index (χ4v) is 2.46. The first-order valence-corrected chi connectivity index (χ1v) is 7.01. The van der Waals surface area contributed by atoms with Crippen LogP contribution in [0.25, 0.3) is 0 Å². The minimum Gasteiger partial charge on any atom is -0.495 e. The third-order valence-corrected chi connectivity index (χ3v) is 3.43. The Labute approximate surface area is 124 Å². The molecular weight excluding hydrogens is 278 g/mol. The molecule has 0 atom stereocenters. The predicted octanol–water partition coefficient (Wildman–Crippen LogP) is 3.64. The van der Waals surface area contributed by atoms with E-state index in [0.29, 0.717) is 23.9 Å². The lowest BCUT2D eigenvalue weighted by atomic mass is 9.99. The van der Waals surface area contributed by atoms with E-state index >= 15 is 0 Å². The second kappa shape index (κ2) is 5.52. The molecule has 0 aliphatic carbocycles. The molecule has 5 heteroatoms. The summed E-state index contributed by atoms with van der Waals surface area (Å²) in [6.07, 6.45) is 0.496. The van der Waals surface area contributed by atoms with Crippen molar-refractivity contribution in [3.8, 4) is 5.75 Å². The summed E-state index contributed by atoms with van der Waals surface area (Å²) < 4.78 is 10.6. The quantitative estimate of drug-likeness (QED) is 0.794. The number of benzene rings is 1. The summed E-state index contributed by atoms with van der Waals surface area (Å²) >= 11 is 6.12. The van der Waals surface area contributed by atoms with Crippen molar-refractivity contribution >= 4 is 17.7 Å². The molecule has 20 heavy (non-hydrogen) atoms.